The second-order valence-corrected chi connectivity index (χ2v) is 9.50. The number of amides is 2. The van der Waals surface area contributed by atoms with E-state index in [4.69, 9.17) is 9.47 Å². The molecule has 36 heavy (non-hydrogen) atoms. The zero-order valence-corrected chi connectivity index (χ0v) is 19.8. The first kappa shape index (κ1) is 22.4. The molecule has 0 saturated carbocycles. The smallest absolute Gasteiger partial charge is 0.237 e. The van der Waals surface area contributed by atoms with E-state index in [1.165, 1.54) is 0 Å². The summed E-state index contributed by atoms with van der Waals surface area (Å²) in [4.78, 5) is 56.3. The fraction of sp³-hybridized carbons (Fsp3) is 0.241. The van der Waals surface area contributed by atoms with Crippen LogP contribution in [0.2, 0.25) is 0 Å². The molecule has 2 fully saturated rings. The van der Waals surface area contributed by atoms with Crippen LogP contribution in [0.4, 0.5) is 0 Å². The lowest BCUT2D eigenvalue weighted by Gasteiger charge is -2.27. The highest BCUT2D eigenvalue weighted by Gasteiger charge is 2.74. The van der Waals surface area contributed by atoms with Gasteiger partial charge in [0.25, 0.3) is 0 Å². The minimum Gasteiger partial charge on any atom is -0.497 e. The van der Waals surface area contributed by atoms with Gasteiger partial charge in [-0.15, -0.1) is 0 Å². The molecule has 0 aromatic heterocycles. The molecule has 1 aliphatic carbocycles. The van der Waals surface area contributed by atoms with Crippen LogP contribution in [-0.4, -0.2) is 41.0 Å². The summed E-state index contributed by atoms with van der Waals surface area (Å²) in [7, 11) is 1.56. The molecule has 3 aromatic rings. The minimum atomic E-state index is -2.05. The van der Waals surface area contributed by atoms with Crippen LogP contribution in [0, 0.1) is 18.8 Å². The molecule has 3 atom stereocenters. The predicted octanol–water partition coefficient (Wildman–Crippen LogP) is 3.69. The highest BCUT2D eigenvalue weighted by Crippen LogP contribution is 2.57. The Labute approximate surface area is 207 Å². The number of benzene rings is 3. The van der Waals surface area contributed by atoms with Crippen LogP contribution in [0.15, 0.2) is 72.8 Å². The molecule has 7 nitrogen and oxygen atoms in total. The molecule has 6 rings (SSSR count). The number of aryl methyl sites for hydroxylation is 1. The summed E-state index contributed by atoms with van der Waals surface area (Å²) >= 11 is 0. The Hall–Kier alpha value is -4.10. The summed E-state index contributed by atoms with van der Waals surface area (Å²) < 4.78 is 11.5. The third kappa shape index (κ3) is 2.96. The third-order valence-corrected chi connectivity index (χ3v) is 7.52. The molecule has 1 spiro atoms. The topological polar surface area (TPSA) is 90.0 Å². The van der Waals surface area contributed by atoms with Gasteiger partial charge in [0, 0.05) is 11.1 Å². The van der Waals surface area contributed by atoms with Crippen molar-refractivity contribution >= 4 is 23.4 Å². The summed E-state index contributed by atoms with van der Waals surface area (Å²) in [6.07, 6.45) is -0.907. The number of rotatable bonds is 4. The van der Waals surface area contributed by atoms with Gasteiger partial charge in [-0.25, -0.2) is 0 Å². The maximum Gasteiger partial charge on any atom is 0.237 e. The SMILES string of the molecule is COc1ccc(CN2C(=O)[C@H]3[C@@H](c4ccc(C)cc4)OC4(C(=O)c5ccccc5C4=O)[C@@H]3C2=O)cc1. The van der Waals surface area contributed by atoms with E-state index in [-0.39, 0.29) is 17.7 Å². The van der Waals surface area contributed by atoms with Crippen LogP contribution in [0.1, 0.15) is 43.5 Å². The quantitative estimate of drug-likeness (QED) is 0.417. The molecule has 0 radical (unpaired) electrons. The van der Waals surface area contributed by atoms with E-state index in [1.54, 1.807) is 55.6 Å². The number of ether oxygens (including phenoxy) is 2. The number of methoxy groups -OCH3 is 1. The number of carbonyl (C=O) groups excluding carboxylic acids is 4. The Balaban J connectivity index is 1.45. The number of hydrogen-bond acceptors (Lipinski definition) is 6. The Morgan fingerprint density at radius 3 is 2.03 bits per heavy atom. The number of Topliss-reactive ketones (excluding diaryl/α,β-unsaturated/α-hetero) is 2. The van der Waals surface area contributed by atoms with Crippen molar-refractivity contribution in [3.05, 3.63) is 101 Å². The minimum absolute atomic E-state index is 0.0285. The molecule has 2 heterocycles. The van der Waals surface area contributed by atoms with Gasteiger partial charge >= 0.3 is 0 Å². The first-order valence-corrected chi connectivity index (χ1v) is 11.8. The van der Waals surface area contributed by atoms with Crippen molar-refractivity contribution in [1.82, 2.24) is 4.90 Å². The van der Waals surface area contributed by atoms with Gasteiger partial charge in [0.05, 0.1) is 31.6 Å². The summed E-state index contributed by atoms with van der Waals surface area (Å²) in [6.45, 7) is 1.96. The van der Waals surface area contributed by atoms with Crippen molar-refractivity contribution in [1.29, 1.82) is 0 Å². The lowest BCUT2D eigenvalue weighted by atomic mass is 9.77. The van der Waals surface area contributed by atoms with Crippen molar-refractivity contribution in [2.45, 2.75) is 25.2 Å². The average Bonchev–Trinajstić information content (AvgIpc) is 3.46. The third-order valence-electron chi connectivity index (χ3n) is 7.52. The van der Waals surface area contributed by atoms with Gasteiger partial charge in [-0.2, -0.15) is 0 Å². The summed E-state index contributed by atoms with van der Waals surface area (Å²) in [5.74, 6) is -3.69. The van der Waals surface area contributed by atoms with E-state index in [0.717, 1.165) is 16.0 Å². The number of imide groups is 1. The summed E-state index contributed by atoms with van der Waals surface area (Å²) in [5, 5.41) is 0. The lowest BCUT2D eigenvalue weighted by Crippen LogP contribution is -2.50. The van der Waals surface area contributed by atoms with E-state index in [9.17, 15) is 19.2 Å². The number of ketones is 2. The monoisotopic (exact) mass is 481 g/mol. The molecule has 7 heteroatoms. The fourth-order valence-electron chi connectivity index (χ4n) is 5.70. The van der Waals surface area contributed by atoms with Crippen LogP contribution < -0.4 is 4.74 Å². The molecule has 3 aromatic carbocycles. The van der Waals surface area contributed by atoms with Crippen LogP contribution in [0.25, 0.3) is 0 Å². The van der Waals surface area contributed by atoms with E-state index in [2.05, 4.69) is 0 Å². The van der Waals surface area contributed by atoms with Crippen molar-refractivity contribution in [3.8, 4) is 5.75 Å². The zero-order valence-electron chi connectivity index (χ0n) is 19.8. The number of carbonyl (C=O) groups is 4. The van der Waals surface area contributed by atoms with Crippen LogP contribution in [-0.2, 0) is 20.9 Å². The number of hydrogen-bond donors (Lipinski definition) is 0. The Morgan fingerprint density at radius 2 is 1.44 bits per heavy atom. The molecule has 3 aliphatic rings. The Bertz CT molecular complexity index is 1390. The first-order chi connectivity index (χ1) is 17.4. The molecular formula is C29H23NO6. The van der Waals surface area contributed by atoms with Crippen LogP contribution in [0.3, 0.4) is 0 Å². The number of nitrogens with zero attached hydrogens (tertiary/aromatic N) is 1. The molecule has 2 saturated heterocycles. The van der Waals surface area contributed by atoms with Gasteiger partial charge in [0.2, 0.25) is 29.0 Å². The van der Waals surface area contributed by atoms with Crippen LogP contribution >= 0.6 is 0 Å². The maximum atomic E-state index is 13.9. The predicted molar refractivity (Wildman–Crippen MR) is 128 cm³/mol. The molecule has 0 unspecified atom stereocenters. The molecule has 2 aliphatic heterocycles. The number of likely N-dealkylation sites (tertiary alicyclic amines) is 1. The molecular weight excluding hydrogens is 458 g/mol. The standard InChI is InChI=1S/C29H23NO6/c1-16-7-11-18(12-8-16)24-22-23(29(36-24)25(31)20-5-3-4-6-21(20)26(29)32)28(34)30(27(22)33)15-17-9-13-19(35-2)14-10-17/h3-14,22-24H,15H2,1-2H3/t22-,23+,24-/m1/s1. The largest absolute Gasteiger partial charge is 0.497 e. The lowest BCUT2D eigenvalue weighted by molar-refractivity contribution is -0.145. The van der Waals surface area contributed by atoms with E-state index < -0.39 is 46.9 Å². The van der Waals surface area contributed by atoms with Gasteiger partial charge in [-0.1, -0.05) is 66.2 Å². The van der Waals surface area contributed by atoms with Crippen molar-refractivity contribution in [2.24, 2.45) is 11.8 Å². The molecule has 0 bridgehead atoms. The highest BCUT2D eigenvalue weighted by molar-refractivity contribution is 6.35. The molecule has 180 valence electrons. The Morgan fingerprint density at radius 1 is 0.833 bits per heavy atom. The van der Waals surface area contributed by atoms with E-state index in [0.29, 0.717) is 11.3 Å². The van der Waals surface area contributed by atoms with Gasteiger partial charge in [-0.3, -0.25) is 24.1 Å². The Kier molecular flexibility index (Phi) is 4.95. The second-order valence-electron chi connectivity index (χ2n) is 9.50. The van der Waals surface area contributed by atoms with Gasteiger partial charge in [-0.05, 0) is 30.2 Å². The number of fused-ring (bicyclic) bond motifs is 3. The second kappa shape index (κ2) is 7.96. The first-order valence-electron chi connectivity index (χ1n) is 11.8. The van der Waals surface area contributed by atoms with Crippen LogP contribution in [0.5, 0.6) is 5.75 Å². The van der Waals surface area contributed by atoms with Gasteiger partial charge in [0.1, 0.15) is 5.75 Å². The van der Waals surface area contributed by atoms with E-state index in [1.807, 2.05) is 31.2 Å². The molecule has 2 amide bonds. The van der Waals surface area contributed by atoms with Gasteiger partial charge in [0.15, 0.2) is 0 Å². The zero-order chi connectivity index (χ0) is 25.2. The summed E-state index contributed by atoms with van der Waals surface area (Å²) in [6, 6.07) is 20.9. The highest BCUT2D eigenvalue weighted by atomic mass is 16.5. The average molecular weight is 482 g/mol. The van der Waals surface area contributed by atoms with E-state index >= 15 is 0 Å². The van der Waals surface area contributed by atoms with Crippen molar-refractivity contribution in [3.63, 3.8) is 0 Å². The maximum absolute atomic E-state index is 13.9. The summed E-state index contributed by atoms with van der Waals surface area (Å²) in [5.41, 5.74) is 0.784. The normalized spacial score (nSPS) is 23.9. The van der Waals surface area contributed by atoms with Crippen molar-refractivity contribution in [2.75, 3.05) is 7.11 Å². The van der Waals surface area contributed by atoms with Gasteiger partial charge < -0.3 is 9.47 Å². The van der Waals surface area contributed by atoms with Crippen molar-refractivity contribution < 1.29 is 28.7 Å². The molecule has 0 N–H and O–H groups in total. The fourth-order valence-corrected chi connectivity index (χ4v) is 5.70.